The average Bonchev–Trinajstić information content (AvgIpc) is 2.60. The van der Waals surface area contributed by atoms with Crippen LogP contribution in [0.25, 0.3) is 22.0 Å². The van der Waals surface area contributed by atoms with Gasteiger partial charge in [0.05, 0.1) is 23.8 Å². The first kappa shape index (κ1) is 19.1. The van der Waals surface area contributed by atoms with Gasteiger partial charge in [0.2, 0.25) is 0 Å². The van der Waals surface area contributed by atoms with E-state index in [0.29, 0.717) is 12.4 Å². The summed E-state index contributed by atoms with van der Waals surface area (Å²) in [6.07, 6.45) is 0. The van der Waals surface area contributed by atoms with E-state index in [1.54, 1.807) is 0 Å². The van der Waals surface area contributed by atoms with Crippen LogP contribution in [-0.4, -0.2) is 10.8 Å². The summed E-state index contributed by atoms with van der Waals surface area (Å²) in [6, 6.07) is 15.3. The predicted octanol–water partition coefficient (Wildman–Crippen LogP) is 5.69. The van der Waals surface area contributed by atoms with E-state index in [9.17, 15) is 0 Å². The topological polar surface area (TPSA) is 51.3 Å². The van der Waals surface area contributed by atoms with Gasteiger partial charge in [-0.25, -0.2) is 0 Å². The molecule has 0 fully saturated rings. The first-order valence-corrected chi connectivity index (χ1v) is 9.43. The average molecular weight is 360 g/mol. The summed E-state index contributed by atoms with van der Waals surface area (Å²) in [5.74, 6) is 0.578. The molecule has 0 aliphatic carbocycles. The molecule has 0 amide bonds. The van der Waals surface area contributed by atoms with Crippen molar-refractivity contribution in [1.29, 1.82) is 0 Å². The monoisotopic (exact) mass is 359 g/mol. The van der Waals surface area contributed by atoms with Crippen LogP contribution in [0.2, 0.25) is 0 Å². The van der Waals surface area contributed by atoms with Crippen molar-refractivity contribution in [1.82, 2.24) is 4.98 Å². The first-order chi connectivity index (χ1) is 12.6. The maximum absolute atomic E-state index is 5.78. The van der Waals surface area contributed by atoms with Crippen LogP contribution in [0, 0.1) is 13.8 Å². The van der Waals surface area contributed by atoms with E-state index in [2.05, 4.69) is 82.1 Å². The lowest BCUT2D eigenvalue weighted by atomic mass is 9.86. The minimum absolute atomic E-state index is 0.102. The number of rotatable bonds is 3. The zero-order valence-electron chi connectivity index (χ0n) is 17.2. The van der Waals surface area contributed by atoms with E-state index in [1.165, 1.54) is 22.1 Å². The van der Waals surface area contributed by atoms with Gasteiger partial charge in [0.25, 0.3) is 0 Å². The lowest BCUT2D eigenvalue weighted by Crippen LogP contribution is -2.10. The summed E-state index contributed by atoms with van der Waals surface area (Å²) >= 11 is 0. The molecule has 3 nitrogen and oxygen atoms in total. The van der Waals surface area contributed by atoms with Crippen molar-refractivity contribution in [3.8, 4) is 11.3 Å². The molecule has 3 rings (SSSR count). The van der Waals surface area contributed by atoms with Crippen LogP contribution >= 0.6 is 0 Å². The van der Waals surface area contributed by atoms with Crippen LogP contribution in [0.4, 0.5) is 0 Å². The quantitative estimate of drug-likeness (QED) is 0.482. The summed E-state index contributed by atoms with van der Waals surface area (Å²) in [5, 5.41) is 2.35. The molecule has 3 aromatic rings. The maximum Gasteiger partial charge on any atom is 0.0910 e. The van der Waals surface area contributed by atoms with Crippen LogP contribution in [0.15, 0.2) is 47.5 Å². The molecule has 0 radical (unpaired) electrons. The minimum Gasteiger partial charge on any atom is -0.388 e. The molecule has 3 heteroatoms. The lowest BCUT2D eigenvalue weighted by molar-refractivity contribution is 0.590. The fourth-order valence-electron chi connectivity index (χ4n) is 3.21. The Labute approximate surface area is 162 Å². The molecular formula is C24H29N3. The van der Waals surface area contributed by atoms with Gasteiger partial charge in [-0.3, -0.25) is 9.98 Å². The van der Waals surface area contributed by atoms with Crippen LogP contribution < -0.4 is 5.73 Å². The van der Waals surface area contributed by atoms with Crippen molar-refractivity contribution in [3.63, 3.8) is 0 Å². The van der Waals surface area contributed by atoms with E-state index in [1.807, 2.05) is 6.92 Å². The molecule has 0 unspecified atom stereocenters. The molecule has 2 N–H and O–H groups in total. The van der Waals surface area contributed by atoms with Gasteiger partial charge in [0.1, 0.15) is 0 Å². The molecule has 0 aliphatic heterocycles. The van der Waals surface area contributed by atoms with E-state index < -0.39 is 0 Å². The summed E-state index contributed by atoms with van der Waals surface area (Å²) in [4.78, 5) is 9.39. The van der Waals surface area contributed by atoms with E-state index in [0.717, 1.165) is 22.3 Å². The van der Waals surface area contributed by atoms with Crippen molar-refractivity contribution in [2.45, 2.75) is 53.5 Å². The summed E-state index contributed by atoms with van der Waals surface area (Å²) < 4.78 is 0. The highest BCUT2D eigenvalue weighted by molar-refractivity contribution is 5.89. The summed E-state index contributed by atoms with van der Waals surface area (Å²) in [7, 11) is 0. The highest BCUT2D eigenvalue weighted by Crippen LogP contribution is 2.30. The largest absolute Gasteiger partial charge is 0.388 e. The maximum atomic E-state index is 5.78. The standard InChI is InChI=1S/C24H29N3/c1-15-10-19-13-22(18-8-7-9-20(12-18)24(4,5)6)27-23(14-26-17(3)25)21(19)11-16(15)2/h7-13H,14H2,1-6H3,(H2,25,26). The highest BCUT2D eigenvalue weighted by Gasteiger charge is 2.15. The zero-order valence-corrected chi connectivity index (χ0v) is 17.2. The van der Waals surface area contributed by atoms with Gasteiger partial charge < -0.3 is 5.73 Å². The van der Waals surface area contributed by atoms with Gasteiger partial charge in [-0.1, -0.05) is 45.0 Å². The SMILES string of the molecule is CC(N)=NCc1nc(-c2cccc(C(C)(C)C)c2)cc2cc(C)c(C)cc12. The Kier molecular flexibility index (Phi) is 5.05. The van der Waals surface area contributed by atoms with Crippen molar-refractivity contribution in [2.24, 2.45) is 10.7 Å². The molecule has 0 saturated carbocycles. The van der Waals surface area contributed by atoms with Gasteiger partial charge in [0.15, 0.2) is 0 Å². The molecule has 0 atom stereocenters. The Morgan fingerprint density at radius 2 is 1.74 bits per heavy atom. The third kappa shape index (κ3) is 4.19. The minimum atomic E-state index is 0.102. The Morgan fingerprint density at radius 3 is 2.41 bits per heavy atom. The molecule has 27 heavy (non-hydrogen) atoms. The molecule has 0 aliphatic rings. The molecule has 0 bridgehead atoms. The Balaban J connectivity index is 2.22. The highest BCUT2D eigenvalue weighted by atomic mass is 14.9. The van der Waals surface area contributed by atoms with Gasteiger partial charge in [-0.2, -0.15) is 0 Å². The molecule has 0 saturated heterocycles. The second-order valence-electron chi connectivity index (χ2n) is 8.40. The molecule has 2 aromatic carbocycles. The Bertz CT molecular complexity index is 1020. The zero-order chi connectivity index (χ0) is 19.8. The second kappa shape index (κ2) is 7.15. The first-order valence-electron chi connectivity index (χ1n) is 9.43. The molecule has 1 heterocycles. The van der Waals surface area contributed by atoms with Crippen molar-refractivity contribution in [3.05, 3.63) is 64.8 Å². The smallest absolute Gasteiger partial charge is 0.0910 e. The van der Waals surface area contributed by atoms with Crippen molar-refractivity contribution < 1.29 is 0 Å². The van der Waals surface area contributed by atoms with Gasteiger partial charge >= 0.3 is 0 Å². The van der Waals surface area contributed by atoms with Gasteiger partial charge in [-0.05, 0) is 66.5 Å². The number of aromatic nitrogens is 1. The number of benzene rings is 2. The third-order valence-corrected chi connectivity index (χ3v) is 5.03. The van der Waals surface area contributed by atoms with Crippen LogP contribution in [0.1, 0.15) is 50.1 Å². The summed E-state index contributed by atoms with van der Waals surface area (Å²) in [5.41, 5.74) is 12.8. The van der Waals surface area contributed by atoms with E-state index >= 15 is 0 Å². The fraction of sp³-hybridized carbons (Fsp3) is 0.333. The van der Waals surface area contributed by atoms with Crippen LogP contribution in [0.3, 0.4) is 0 Å². The Morgan fingerprint density at radius 1 is 1.04 bits per heavy atom. The van der Waals surface area contributed by atoms with Crippen LogP contribution in [-0.2, 0) is 12.0 Å². The van der Waals surface area contributed by atoms with Crippen LogP contribution in [0.5, 0.6) is 0 Å². The van der Waals surface area contributed by atoms with Crippen molar-refractivity contribution in [2.75, 3.05) is 0 Å². The molecule has 1 aromatic heterocycles. The van der Waals surface area contributed by atoms with E-state index in [4.69, 9.17) is 10.7 Å². The fourth-order valence-corrected chi connectivity index (χ4v) is 3.21. The number of nitrogens with two attached hydrogens (primary N) is 1. The number of aryl methyl sites for hydroxylation is 2. The lowest BCUT2D eigenvalue weighted by Gasteiger charge is -2.20. The number of hydrogen-bond acceptors (Lipinski definition) is 2. The number of nitrogens with zero attached hydrogens (tertiary/aromatic N) is 2. The van der Waals surface area contributed by atoms with E-state index in [-0.39, 0.29) is 5.41 Å². The number of aliphatic imine (C=N–C) groups is 1. The number of pyridine rings is 1. The molecular weight excluding hydrogens is 330 g/mol. The van der Waals surface area contributed by atoms with Gasteiger partial charge in [0, 0.05) is 10.9 Å². The molecule has 0 spiro atoms. The second-order valence-corrected chi connectivity index (χ2v) is 8.40. The van der Waals surface area contributed by atoms with Gasteiger partial charge in [-0.15, -0.1) is 0 Å². The number of hydrogen-bond donors (Lipinski definition) is 1. The number of fused-ring (bicyclic) bond motifs is 1. The summed E-state index contributed by atoms with van der Waals surface area (Å²) in [6.45, 7) is 13.3. The number of amidine groups is 1. The van der Waals surface area contributed by atoms with Crippen molar-refractivity contribution >= 4 is 16.6 Å². The predicted molar refractivity (Wildman–Crippen MR) is 116 cm³/mol. The third-order valence-electron chi connectivity index (χ3n) is 5.03. The normalized spacial score (nSPS) is 12.6. The Hall–Kier alpha value is -2.68. The molecule has 140 valence electrons.